The molecular formula is C30H33BrN4O2. The Morgan fingerprint density at radius 1 is 0.973 bits per heavy atom. The summed E-state index contributed by atoms with van der Waals surface area (Å²) in [5.41, 5.74) is 3.03. The number of fused-ring (bicyclic) bond motifs is 1. The van der Waals surface area contributed by atoms with Crippen LogP contribution in [-0.4, -0.2) is 52.4 Å². The van der Waals surface area contributed by atoms with Crippen LogP contribution in [0.4, 0.5) is 0 Å². The lowest BCUT2D eigenvalue weighted by atomic mass is 10.1. The normalized spacial score (nSPS) is 12.2. The topological polar surface area (TPSA) is 58.4 Å². The Labute approximate surface area is 226 Å². The molecule has 4 aromatic rings. The third kappa shape index (κ3) is 5.84. The average molecular weight is 562 g/mol. The number of halogens is 1. The van der Waals surface area contributed by atoms with E-state index < -0.39 is 6.04 Å². The summed E-state index contributed by atoms with van der Waals surface area (Å²) in [5.74, 6) is 0.475. The molecule has 0 aliphatic rings. The van der Waals surface area contributed by atoms with Crippen molar-refractivity contribution in [2.75, 3.05) is 27.2 Å². The molecule has 4 rings (SSSR count). The van der Waals surface area contributed by atoms with Gasteiger partial charge in [-0.05, 0) is 75.0 Å². The molecule has 0 spiro atoms. The van der Waals surface area contributed by atoms with Crippen molar-refractivity contribution >= 4 is 32.7 Å². The molecule has 0 saturated heterocycles. The number of aryl methyl sites for hydroxylation is 1. The van der Waals surface area contributed by atoms with Gasteiger partial charge in [-0.3, -0.25) is 14.2 Å². The molecule has 192 valence electrons. The molecule has 0 bridgehead atoms. The van der Waals surface area contributed by atoms with Gasteiger partial charge in [0.25, 0.3) is 11.5 Å². The maximum atomic E-state index is 13.9. The zero-order valence-electron chi connectivity index (χ0n) is 21.8. The quantitative estimate of drug-likeness (QED) is 0.257. The van der Waals surface area contributed by atoms with Crippen molar-refractivity contribution in [2.24, 2.45) is 0 Å². The molecule has 0 aliphatic carbocycles. The minimum atomic E-state index is -0.408. The van der Waals surface area contributed by atoms with Crippen LogP contribution in [0.5, 0.6) is 0 Å². The predicted octanol–water partition coefficient (Wildman–Crippen LogP) is 5.87. The fourth-order valence-corrected chi connectivity index (χ4v) is 4.94. The van der Waals surface area contributed by atoms with Gasteiger partial charge in [0.05, 0.1) is 22.6 Å². The van der Waals surface area contributed by atoms with Crippen molar-refractivity contribution in [1.82, 2.24) is 19.4 Å². The van der Waals surface area contributed by atoms with Gasteiger partial charge >= 0.3 is 0 Å². The van der Waals surface area contributed by atoms with Crippen molar-refractivity contribution in [3.05, 3.63) is 105 Å². The summed E-state index contributed by atoms with van der Waals surface area (Å²) in [6, 6.07) is 22.4. The number of likely N-dealkylation sites (N-methyl/N-ethyl adjacent to an activating group) is 1. The Kier molecular flexibility index (Phi) is 8.56. The Hall–Kier alpha value is -3.29. The Balaban J connectivity index is 1.93. The van der Waals surface area contributed by atoms with Gasteiger partial charge in [-0.2, -0.15) is 0 Å². The minimum absolute atomic E-state index is 0.0923. The van der Waals surface area contributed by atoms with E-state index in [4.69, 9.17) is 4.98 Å². The number of carbonyl (C=O) groups is 1. The van der Waals surface area contributed by atoms with Crippen LogP contribution >= 0.6 is 15.9 Å². The molecule has 0 radical (unpaired) electrons. The number of rotatable bonds is 9. The van der Waals surface area contributed by atoms with Gasteiger partial charge in [0.2, 0.25) is 0 Å². The highest BCUT2D eigenvalue weighted by atomic mass is 79.9. The van der Waals surface area contributed by atoms with Crippen molar-refractivity contribution in [3.63, 3.8) is 0 Å². The SMILES string of the molecule is CCc1ccc(-n2c(C(CC)N(CCN(C)C)C(=O)c3cccc(Br)c3)nc3ccccc3c2=O)cc1. The molecule has 6 nitrogen and oxygen atoms in total. The Morgan fingerprint density at radius 3 is 2.35 bits per heavy atom. The van der Waals surface area contributed by atoms with Crippen LogP contribution in [0.3, 0.4) is 0 Å². The number of amides is 1. The second-order valence-corrected chi connectivity index (χ2v) is 10.3. The fraction of sp³-hybridized carbons (Fsp3) is 0.300. The summed E-state index contributed by atoms with van der Waals surface area (Å²) in [7, 11) is 3.98. The van der Waals surface area contributed by atoms with E-state index in [1.54, 1.807) is 4.57 Å². The molecule has 0 saturated carbocycles. The van der Waals surface area contributed by atoms with Gasteiger partial charge in [0.1, 0.15) is 5.82 Å². The van der Waals surface area contributed by atoms with Gasteiger partial charge in [-0.1, -0.05) is 60.1 Å². The number of hydrogen-bond donors (Lipinski definition) is 0. The van der Waals surface area contributed by atoms with Crippen molar-refractivity contribution < 1.29 is 4.79 Å². The van der Waals surface area contributed by atoms with Gasteiger partial charge in [-0.25, -0.2) is 4.98 Å². The van der Waals surface area contributed by atoms with E-state index in [0.717, 1.165) is 16.6 Å². The summed E-state index contributed by atoms with van der Waals surface area (Å²) in [6.07, 6.45) is 1.51. The first-order chi connectivity index (χ1) is 17.8. The molecule has 1 unspecified atom stereocenters. The minimum Gasteiger partial charge on any atom is -0.327 e. The number of aromatic nitrogens is 2. The highest BCUT2D eigenvalue weighted by Crippen LogP contribution is 2.28. The maximum Gasteiger partial charge on any atom is 0.266 e. The molecule has 3 aromatic carbocycles. The monoisotopic (exact) mass is 560 g/mol. The van der Waals surface area contributed by atoms with Gasteiger partial charge < -0.3 is 9.80 Å². The van der Waals surface area contributed by atoms with E-state index >= 15 is 0 Å². The lowest BCUT2D eigenvalue weighted by Gasteiger charge is -2.33. The summed E-state index contributed by atoms with van der Waals surface area (Å²) in [4.78, 5) is 36.8. The molecule has 1 amide bonds. The van der Waals surface area contributed by atoms with Crippen LogP contribution < -0.4 is 5.56 Å². The van der Waals surface area contributed by atoms with E-state index in [1.807, 2.05) is 98.7 Å². The van der Waals surface area contributed by atoms with Gasteiger partial charge in [0, 0.05) is 23.1 Å². The number of para-hydroxylation sites is 1. The summed E-state index contributed by atoms with van der Waals surface area (Å²) >= 11 is 3.49. The first kappa shape index (κ1) is 26.8. The van der Waals surface area contributed by atoms with E-state index in [-0.39, 0.29) is 11.5 Å². The molecule has 7 heteroatoms. The third-order valence-electron chi connectivity index (χ3n) is 6.59. The van der Waals surface area contributed by atoms with Crippen LogP contribution in [0, 0.1) is 0 Å². The molecule has 0 fully saturated rings. The Bertz CT molecular complexity index is 1450. The van der Waals surface area contributed by atoms with E-state index in [1.165, 1.54) is 5.56 Å². The van der Waals surface area contributed by atoms with Crippen molar-refractivity contribution in [3.8, 4) is 5.69 Å². The lowest BCUT2D eigenvalue weighted by molar-refractivity contribution is 0.0644. The first-order valence-electron chi connectivity index (χ1n) is 12.7. The predicted molar refractivity (Wildman–Crippen MR) is 153 cm³/mol. The highest BCUT2D eigenvalue weighted by Gasteiger charge is 2.30. The second kappa shape index (κ2) is 11.8. The van der Waals surface area contributed by atoms with E-state index in [0.29, 0.717) is 41.8 Å². The highest BCUT2D eigenvalue weighted by molar-refractivity contribution is 9.10. The molecule has 0 aliphatic heterocycles. The zero-order valence-corrected chi connectivity index (χ0v) is 23.4. The molecule has 37 heavy (non-hydrogen) atoms. The number of hydrogen-bond acceptors (Lipinski definition) is 4. The maximum absolute atomic E-state index is 13.9. The summed E-state index contributed by atoms with van der Waals surface area (Å²) in [6.45, 7) is 5.31. The third-order valence-corrected chi connectivity index (χ3v) is 7.08. The van der Waals surface area contributed by atoms with Gasteiger partial charge in [0.15, 0.2) is 0 Å². The second-order valence-electron chi connectivity index (χ2n) is 9.38. The standard InChI is InChI=1S/C30H33BrN4O2/c1-5-21-14-16-24(17-15-21)35-28(32-26-13-8-7-12-25(26)30(35)37)27(6-2)34(19-18-33(3)4)29(36)22-10-9-11-23(31)20-22/h7-17,20,27H,5-6,18-19H2,1-4H3. The van der Waals surface area contributed by atoms with Crippen LogP contribution in [0.25, 0.3) is 16.6 Å². The lowest BCUT2D eigenvalue weighted by Crippen LogP contribution is -2.41. The number of carbonyl (C=O) groups excluding carboxylic acids is 1. The van der Waals surface area contributed by atoms with E-state index in [2.05, 4.69) is 27.8 Å². The molecule has 1 aromatic heterocycles. The number of nitrogens with zero attached hydrogens (tertiary/aromatic N) is 4. The summed E-state index contributed by atoms with van der Waals surface area (Å²) < 4.78 is 2.53. The van der Waals surface area contributed by atoms with Crippen LogP contribution in [0.2, 0.25) is 0 Å². The molecule has 1 heterocycles. The van der Waals surface area contributed by atoms with Crippen LogP contribution in [0.1, 0.15) is 48.1 Å². The van der Waals surface area contributed by atoms with Crippen LogP contribution in [-0.2, 0) is 6.42 Å². The van der Waals surface area contributed by atoms with Gasteiger partial charge in [-0.15, -0.1) is 0 Å². The van der Waals surface area contributed by atoms with Crippen LogP contribution in [0.15, 0.2) is 82.1 Å². The molecule has 0 N–H and O–H groups in total. The summed E-state index contributed by atoms with van der Waals surface area (Å²) in [5, 5.41) is 0.554. The Morgan fingerprint density at radius 2 is 1.70 bits per heavy atom. The molecular weight excluding hydrogens is 528 g/mol. The fourth-order valence-electron chi connectivity index (χ4n) is 4.54. The average Bonchev–Trinajstić information content (AvgIpc) is 2.90. The van der Waals surface area contributed by atoms with Crippen molar-refractivity contribution in [1.29, 1.82) is 0 Å². The zero-order chi connectivity index (χ0) is 26.5. The van der Waals surface area contributed by atoms with E-state index in [9.17, 15) is 9.59 Å². The molecule has 1 atom stereocenters. The van der Waals surface area contributed by atoms with Crippen molar-refractivity contribution in [2.45, 2.75) is 32.7 Å². The first-order valence-corrected chi connectivity index (χ1v) is 13.5. The smallest absolute Gasteiger partial charge is 0.266 e. The largest absolute Gasteiger partial charge is 0.327 e. The number of benzene rings is 3.